The molecule has 2 N–H and O–H groups in total. The van der Waals surface area contributed by atoms with Crippen molar-refractivity contribution in [3.8, 4) is 0 Å². The molecule has 0 aliphatic carbocycles. The molecule has 0 aromatic carbocycles. The van der Waals surface area contributed by atoms with Crippen LogP contribution in [0.15, 0.2) is 12.4 Å². The molecule has 1 saturated heterocycles. The number of aromatic nitrogens is 2. The fourth-order valence-electron chi connectivity index (χ4n) is 2.07. The van der Waals surface area contributed by atoms with Crippen molar-refractivity contribution in [2.75, 3.05) is 23.3 Å². The number of hydrogen-bond donors (Lipinski definition) is 2. The molecule has 0 saturated carbocycles. The summed E-state index contributed by atoms with van der Waals surface area (Å²) < 4.78 is 0. The molecule has 1 fully saturated rings. The van der Waals surface area contributed by atoms with Crippen molar-refractivity contribution in [1.82, 2.24) is 9.97 Å². The van der Waals surface area contributed by atoms with Crippen molar-refractivity contribution in [1.29, 1.82) is 0 Å². The summed E-state index contributed by atoms with van der Waals surface area (Å²) in [5, 5.41) is 12.9. The highest BCUT2D eigenvalue weighted by Crippen LogP contribution is 2.20. The number of nitrogens with zero attached hydrogens (tertiary/aromatic N) is 3. The van der Waals surface area contributed by atoms with Gasteiger partial charge in [-0.05, 0) is 33.6 Å². The van der Waals surface area contributed by atoms with Crippen LogP contribution in [0.4, 0.5) is 11.6 Å². The minimum Gasteiger partial charge on any atom is -0.393 e. The average molecular weight is 250 g/mol. The first-order valence-corrected chi connectivity index (χ1v) is 6.47. The molecular formula is C13H22N4O. The van der Waals surface area contributed by atoms with Gasteiger partial charge in [-0.15, -0.1) is 0 Å². The molecule has 0 spiro atoms. The van der Waals surface area contributed by atoms with E-state index in [9.17, 15) is 5.11 Å². The van der Waals surface area contributed by atoms with Gasteiger partial charge in [0.05, 0.1) is 6.10 Å². The quantitative estimate of drug-likeness (QED) is 0.835. The van der Waals surface area contributed by atoms with E-state index in [-0.39, 0.29) is 11.6 Å². The summed E-state index contributed by atoms with van der Waals surface area (Å²) >= 11 is 0. The van der Waals surface area contributed by atoms with Crippen LogP contribution in [0.2, 0.25) is 0 Å². The first-order valence-electron chi connectivity index (χ1n) is 6.47. The first kappa shape index (κ1) is 13.1. The van der Waals surface area contributed by atoms with Crippen molar-refractivity contribution in [3.05, 3.63) is 12.4 Å². The van der Waals surface area contributed by atoms with Gasteiger partial charge >= 0.3 is 0 Å². The molecule has 5 heteroatoms. The molecule has 0 amide bonds. The molecule has 1 aromatic heterocycles. The molecule has 0 bridgehead atoms. The molecule has 1 aliphatic rings. The summed E-state index contributed by atoms with van der Waals surface area (Å²) in [6.45, 7) is 8.02. The minimum absolute atomic E-state index is 0.0102. The monoisotopic (exact) mass is 250 g/mol. The second kappa shape index (κ2) is 5.10. The van der Waals surface area contributed by atoms with Crippen molar-refractivity contribution in [2.45, 2.75) is 45.3 Å². The smallest absolute Gasteiger partial charge is 0.134 e. The van der Waals surface area contributed by atoms with Crippen molar-refractivity contribution < 1.29 is 5.11 Å². The molecule has 2 rings (SSSR count). The number of piperidine rings is 1. The molecule has 1 aliphatic heterocycles. The Hall–Kier alpha value is -1.36. The molecule has 1 aromatic rings. The maximum atomic E-state index is 9.51. The second-order valence-corrected chi connectivity index (χ2v) is 5.85. The van der Waals surface area contributed by atoms with E-state index in [0.717, 1.165) is 37.6 Å². The summed E-state index contributed by atoms with van der Waals surface area (Å²) in [4.78, 5) is 10.7. The summed E-state index contributed by atoms with van der Waals surface area (Å²) in [7, 11) is 0. The average Bonchev–Trinajstić information content (AvgIpc) is 2.28. The predicted molar refractivity (Wildman–Crippen MR) is 72.9 cm³/mol. The largest absolute Gasteiger partial charge is 0.393 e. The lowest BCUT2D eigenvalue weighted by molar-refractivity contribution is 0.145. The topological polar surface area (TPSA) is 61.3 Å². The van der Waals surface area contributed by atoms with E-state index in [0.29, 0.717) is 0 Å². The number of rotatable bonds is 2. The molecule has 100 valence electrons. The van der Waals surface area contributed by atoms with Crippen LogP contribution in [-0.4, -0.2) is 39.8 Å². The normalized spacial score (nSPS) is 17.9. The zero-order chi connectivity index (χ0) is 13.2. The molecule has 2 heterocycles. The number of aliphatic hydroxyl groups excluding tert-OH is 1. The summed E-state index contributed by atoms with van der Waals surface area (Å²) in [6.07, 6.45) is 3.06. The van der Waals surface area contributed by atoms with E-state index in [1.807, 2.05) is 6.07 Å². The van der Waals surface area contributed by atoms with Gasteiger partial charge in [0.2, 0.25) is 0 Å². The van der Waals surface area contributed by atoms with Crippen molar-refractivity contribution in [2.24, 2.45) is 0 Å². The SMILES string of the molecule is CC(C)(C)Nc1cc(N2CCC(O)CC2)ncn1. The van der Waals surface area contributed by atoms with Crippen LogP contribution >= 0.6 is 0 Å². The lowest BCUT2D eigenvalue weighted by Gasteiger charge is -2.31. The Kier molecular flexibility index (Phi) is 3.71. The van der Waals surface area contributed by atoms with Gasteiger partial charge in [-0.3, -0.25) is 0 Å². The second-order valence-electron chi connectivity index (χ2n) is 5.85. The molecular weight excluding hydrogens is 228 g/mol. The van der Waals surface area contributed by atoms with E-state index in [1.54, 1.807) is 6.33 Å². The predicted octanol–water partition coefficient (Wildman–Crippen LogP) is 1.65. The zero-order valence-electron chi connectivity index (χ0n) is 11.3. The van der Waals surface area contributed by atoms with Gasteiger partial charge in [-0.2, -0.15) is 0 Å². The van der Waals surface area contributed by atoms with Crippen LogP contribution < -0.4 is 10.2 Å². The Labute approximate surface area is 108 Å². The Morgan fingerprint density at radius 1 is 1.28 bits per heavy atom. The van der Waals surface area contributed by atoms with E-state index in [4.69, 9.17) is 0 Å². The Morgan fingerprint density at radius 3 is 2.56 bits per heavy atom. The molecule has 0 radical (unpaired) electrons. The van der Waals surface area contributed by atoms with Crippen LogP contribution in [0.5, 0.6) is 0 Å². The van der Waals surface area contributed by atoms with Crippen LogP contribution in [0.1, 0.15) is 33.6 Å². The Balaban J connectivity index is 2.07. The maximum absolute atomic E-state index is 9.51. The van der Waals surface area contributed by atoms with Gasteiger partial charge in [-0.1, -0.05) is 0 Å². The Bertz CT molecular complexity index is 394. The fourth-order valence-corrected chi connectivity index (χ4v) is 2.07. The molecule has 0 atom stereocenters. The van der Waals surface area contributed by atoms with Gasteiger partial charge in [-0.25, -0.2) is 9.97 Å². The van der Waals surface area contributed by atoms with Crippen LogP contribution in [0.3, 0.4) is 0 Å². The van der Waals surface area contributed by atoms with Crippen LogP contribution in [-0.2, 0) is 0 Å². The zero-order valence-corrected chi connectivity index (χ0v) is 11.3. The molecule has 5 nitrogen and oxygen atoms in total. The highest BCUT2D eigenvalue weighted by atomic mass is 16.3. The van der Waals surface area contributed by atoms with E-state index < -0.39 is 0 Å². The highest BCUT2D eigenvalue weighted by Gasteiger charge is 2.19. The van der Waals surface area contributed by atoms with Gasteiger partial charge in [0.25, 0.3) is 0 Å². The number of nitrogens with one attached hydrogen (secondary N) is 1. The minimum atomic E-state index is -0.157. The Morgan fingerprint density at radius 2 is 1.94 bits per heavy atom. The van der Waals surface area contributed by atoms with Gasteiger partial charge in [0.1, 0.15) is 18.0 Å². The summed E-state index contributed by atoms with van der Waals surface area (Å²) in [5.74, 6) is 1.78. The van der Waals surface area contributed by atoms with Gasteiger partial charge in [0.15, 0.2) is 0 Å². The van der Waals surface area contributed by atoms with Gasteiger partial charge in [0, 0.05) is 24.7 Å². The number of aliphatic hydroxyl groups is 1. The van der Waals surface area contributed by atoms with Crippen LogP contribution in [0, 0.1) is 0 Å². The van der Waals surface area contributed by atoms with Crippen molar-refractivity contribution in [3.63, 3.8) is 0 Å². The van der Waals surface area contributed by atoms with Gasteiger partial charge < -0.3 is 15.3 Å². The lowest BCUT2D eigenvalue weighted by atomic mass is 10.1. The lowest BCUT2D eigenvalue weighted by Crippen LogP contribution is -2.36. The van der Waals surface area contributed by atoms with Crippen LogP contribution in [0.25, 0.3) is 0 Å². The standard InChI is InChI=1S/C13H22N4O/c1-13(2,3)16-11-8-12(15-9-14-11)17-6-4-10(18)5-7-17/h8-10,18H,4-7H2,1-3H3,(H,14,15,16). The number of anilines is 2. The van der Waals surface area contributed by atoms with E-state index >= 15 is 0 Å². The highest BCUT2D eigenvalue weighted by molar-refractivity contribution is 5.49. The fraction of sp³-hybridized carbons (Fsp3) is 0.692. The summed E-state index contributed by atoms with van der Waals surface area (Å²) in [5.41, 5.74) is -0.0102. The van der Waals surface area contributed by atoms with E-state index in [1.165, 1.54) is 0 Å². The van der Waals surface area contributed by atoms with E-state index in [2.05, 4.69) is 41.0 Å². The molecule has 18 heavy (non-hydrogen) atoms. The first-order chi connectivity index (χ1) is 8.44. The third-order valence-electron chi connectivity index (χ3n) is 2.94. The third kappa shape index (κ3) is 3.57. The number of hydrogen-bond acceptors (Lipinski definition) is 5. The van der Waals surface area contributed by atoms with Crippen molar-refractivity contribution >= 4 is 11.6 Å². The third-order valence-corrected chi connectivity index (χ3v) is 2.94. The maximum Gasteiger partial charge on any atom is 0.134 e. The summed E-state index contributed by atoms with van der Waals surface area (Å²) in [6, 6.07) is 1.98. The molecule has 0 unspecified atom stereocenters.